The van der Waals surface area contributed by atoms with Crippen molar-refractivity contribution in [2.75, 3.05) is 11.7 Å². The minimum Gasteiger partial charge on any atom is -0.454 e. The van der Waals surface area contributed by atoms with E-state index in [9.17, 15) is 9.59 Å². The maximum atomic E-state index is 13.7. The highest BCUT2D eigenvalue weighted by Crippen LogP contribution is 2.46. The molecule has 0 bridgehead atoms. The molecule has 1 saturated carbocycles. The molecule has 3 aromatic carbocycles. The summed E-state index contributed by atoms with van der Waals surface area (Å²) in [6, 6.07) is 18.8. The molecule has 3 amide bonds. The number of ether oxygens (including phenoxy) is 2. The van der Waals surface area contributed by atoms with Crippen LogP contribution in [0.3, 0.4) is 0 Å². The van der Waals surface area contributed by atoms with Crippen LogP contribution in [0.15, 0.2) is 73.1 Å². The fourth-order valence-electron chi connectivity index (χ4n) is 6.15. The third-order valence-corrected chi connectivity index (χ3v) is 8.26. The number of carbonyl (C=O) groups excluding carboxylic acids is 2. The molecule has 1 saturated heterocycles. The van der Waals surface area contributed by atoms with E-state index in [0.717, 1.165) is 39.6 Å². The summed E-state index contributed by atoms with van der Waals surface area (Å²) in [7, 11) is 0. The highest BCUT2D eigenvalue weighted by atomic mass is 35.5. The molecule has 3 unspecified atom stereocenters. The molecule has 4 aromatic rings. The minimum absolute atomic E-state index is 0.0873. The number of aromatic nitrogens is 1. The van der Waals surface area contributed by atoms with Crippen LogP contribution in [0.4, 0.5) is 10.5 Å². The predicted molar refractivity (Wildman–Crippen MR) is 145 cm³/mol. The Labute approximate surface area is 224 Å². The minimum atomic E-state index is -0.412. The van der Waals surface area contributed by atoms with Crippen molar-refractivity contribution in [3.63, 3.8) is 0 Å². The molecule has 2 fully saturated rings. The molecule has 38 heavy (non-hydrogen) atoms. The van der Waals surface area contributed by atoms with Gasteiger partial charge >= 0.3 is 6.03 Å². The van der Waals surface area contributed by atoms with Crippen LogP contribution in [-0.2, 0) is 4.79 Å². The van der Waals surface area contributed by atoms with E-state index in [1.807, 2.05) is 54.6 Å². The fraction of sp³-hybridized carbons (Fsp3) is 0.233. The predicted octanol–water partition coefficient (Wildman–Crippen LogP) is 6.29. The number of hydrogen-bond donors (Lipinski definition) is 1. The van der Waals surface area contributed by atoms with Crippen LogP contribution in [0.5, 0.6) is 11.5 Å². The summed E-state index contributed by atoms with van der Waals surface area (Å²) < 4.78 is 11.1. The number of anilines is 1. The van der Waals surface area contributed by atoms with Crippen LogP contribution in [0.25, 0.3) is 21.9 Å². The van der Waals surface area contributed by atoms with E-state index in [1.165, 1.54) is 4.90 Å². The molecule has 8 heteroatoms. The number of nitrogens with zero attached hydrogens (tertiary/aromatic N) is 2. The molecule has 1 N–H and O–H groups in total. The molecule has 190 valence electrons. The summed E-state index contributed by atoms with van der Waals surface area (Å²) in [6.45, 7) is 0.215. The maximum absolute atomic E-state index is 13.7. The average Bonchev–Trinajstić information content (AvgIpc) is 3.41. The number of pyridine rings is 1. The Kier molecular flexibility index (Phi) is 5.48. The Balaban J connectivity index is 1.19. The van der Waals surface area contributed by atoms with Gasteiger partial charge in [-0.2, -0.15) is 0 Å². The molecule has 3 atom stereocenters. The topological polar surface area (TPSA) is 80.8 Å². The smallest absolute Gasteiger partial charge is 0.329 e. The standard InChI is InChI=1S/C30H24ClN3O4/c31-23-7-3-6-21(17-9-11-26-27(13-17)38-16-37-26)28(23)18-8-10-22-24(12-18)33-30(36)34(29(22)35)25-15-32-14-19-4-1-2-5-20(19)25/h1-7,9,11,13-15,18,22,24H,8,10,12,16H2,(H,33,36). The fourth-order valence-corrected chi connectivity index (χ4v) is 6.48. The van der Waals surface area contributed by atoms with Crippen molar-refractivity contribution in [1.29, 1.82) is 0 Å². The average molecular weight is 526 g/mol. The second-order valence-electron chi connectivity index (χ2n) is 9.99. The van der Waals surface area contributed by atoms with Gasteiger partial charge in [-0.25, -0.2) is 9.69 Å². The number of rotatable bonds is 3. The third kappa shape index (κ3) is 3.69. The number of imide groups is 1. The summed E-state index contributed by atoms with van der Waals surface area (Å²) >= 11 is 6.80. The van der Waals surface area contributed by atoms with Crippen molar-refractivity contribution in [3.05, 3.63) is 83.6 Å². The number of fused-ring (bicyclic) bond motifs is 3. The lowest BCUT2D eigenvalue weighted by Gasteiger charge is -2.43. The number of nitrogens with one attached hydrogen (secondary N) is 1. The van der Waals surface area contributed by atoms with E-state index < -0.39 is 6.03 Å². The van der Waals surface area contributed by atoms with Crippen LogP contribution in [-0.4, -0.2) is 29.8 Å². The molecule has 1 aromatic heterocycles. The van der Waals surface area contributed by atoms with Gasteiger partial charge in [-0.05, 0) is 60.1 Å². The monoisotopic (exact) mass is 525 g/mol. The van der Waals surface area contributed by atoms with Gasteiger partial charge < -0.3 is 14.8 Å². The SMILES string of the molecule is O=C1NC2CC(c3c(Cl)cccc3-c3ccc4c(c3)OCO4)CCC2C(=O)N1c1cncc2ccccc12. The lowest BCUT2D eigenvalue weighted by atomic mass is 9.72. The van der Waals surface area contributed by atoms with E-state index in [1.54, 1.807) is 12.4 Å². The molecule has 2 aliphatic heterocycles. The lowest BCUT2D eigenvalue weighted by Crippen LogP contribution is -2.61. The quantitative estimate of drug-likeness (QED) is 0.340. The van der Waals surface area contributed by atoms with Gasteiger partial charge in [0, 0.05) is 28.0 Å². The second-order valence-corrected chi connectivity index (χ2v) is 10.4. The number of amides is 3. The molecular weight excluding hydrogens is 502 g/mol. The van der Waals surface area contributed by atoms with Crippen LogP contribution in [0.1, 0.15) is 30.7 Å². The molecule has 3 aliphatic rings. The highest BCUT2D eigenvalue weighted by Gasteiger charge is 2.46. The van der Waals surface area contributed by atoms with Crippen molar-refractivity contribution in [1.82, 2.24) is 10.3 Å². The van der Waals surface area contributed by atoms with E-state index in [2.05, 4.69) is 16.4 Å². The van der Waals surface area contributed by atoms with Crippen LogP contribution in [0, 0.1) is 5.92 Å². The van der Waals surface area contributed by atoms with Crippen molar-refractivity contribution in [2.24, 2.45) is 5.92 Å². The van der Waals surface area contributed by atoms with Gasteiger partial charge in [-0.15, -0.1) is 0 Å². The summed E-state index contributed by atoms with van der Waals surface area (Å²) in [4.78, 5) is 32.6. The van der Waals surface area contributed by atoms with Gasteiger partial charge in [0.1, 0.15) is 0 Å². The number of halogens is 1. The third-order valence-electron chi connectivity index (χ3n) is 7.93. The highest BCUT2D eigenvalue weighted by molar-refractivity contribution is 6.32. The molecule has 0 spiro atoms. The van der Waals surface area contributed by atoms with Crippen molar-refractivity contribution < 1.29 is 19.1 Å². The summed E-state index contributed by atoms with van der Waals surface area (Å²) in [6.07, 6.45) is 5.39. The first-order chi connectivity index (χ1) is 18.6. The Morgan fingerprint density at radius 1 is 0.947 bits per heavy atom. The van der Waals surface area contributed by atoms with E-state index >= 15 is 0 Å². The lowest BCUT2D eigenvalue weighted by molar-refractivity contribution is -0.124. The zero-order valence-electron chi connectivity index (χ0n) is 20.4. The largest absolute Gasteiger partial charge is 0.454 e. The normalized spacial score (nSPS) is 22.3. The summed E-state index contributed by atoms with van der Waals surface area (Å²) in [5.41, 5.74) is 3.57. The van der Waals surface area contributed by atoms with Crippen molar-refractivity contribution in [2.45, 2.75) is 31.2 Å². The first-order valence-electron chi connectivity index (χ1n) is 12.7. The Hall–Kier alpha value is -4.10. The van der Waals surface area contributed by atoms with Crippen LogP contribution >= 0.6 is 11.6 Å². The molecule has 1 aliphatic carbocycles. The van der Waals surface area contributed by atoms with Crippen molar-refractivity contribution >= 4 is 40.0 Å². The van der Waals surface area contributed by atoms with Gasteiger partial charge in [0.15, 0.2) is 11.5 Å². The van der Waals surface area contributed by atoms with Crippen LogP contribution < -0.4 is 19.7 Å². The zero-order chi connectivity index (χ0) is 25.8. The molecule has 7 nitrogen and oxygen atoms in total. The maximum Gasteiger partial charge on any atom is 0.329 e. The Morgan fingerprint density at radius 2 is 1.82 bits per heavy atom. The number of hydrogen-bond acceptors (Lipinski definition) is 5. The molecule has 0 radical (unpaired) electrons. The first kappa shape index (κ1) is 23.0. The van der Waals surface area contributed by atoms with Gasteiger partial charge in [0.25, 0.3) is 0 Å². The summed E-state index contributed by atoms with van der Waals surface area (Å²) in [5, 5.41) is 5.52. The Morgan fingerprint density at radius 3 is 2.74 bits per heavy atom. The van der Waals surface area contributed by atoms with Crippen molar-refractivity contribution in [3.8, 4) is 22.6 Å². The first-order valence-corrected chi connectivity index (χ1v) is 13.1. The van der Waals surface area contributed by atoms with Gasteiger partial charge in [0.2, 0.25) is 12.7 Å². The molecular formula is C30H24ClN3O4. The number of carbonyl (C=O) groups is 2. The zero-order valence-corrected chi connectivity index (χ0v) is 21.1. The second kappa shape index (κ2) is 9.03. The number of benzene rings is 3. The van der Waals surface area contributed by atoms with Gasteiger partial charge in [-0.1, -0.05) is 54.1 Å². The number of urea groups is 1. The van der Waals surface area contributed by atoms with E-state index in [-0.39, 0.29) is 30.6 Å². The molecule has 3 heterocycles. The van der Waals surface area contributed by atoms with Gasteiger partial charge in [-0.3, -0.25) is 9.78 Å². The molecule has 7 rings (SSSR count). The van der Waals surface area contributed by atoms with Crippen LogP contribution in [0.2, 0.25) is 5.02 Å². The van der Waals surface area contributed by atoms with E-state index in [0.29, 0.717) is 29.3 Å². The van der Waals surface area contributed by atoms with E-state index in [4.69, 9.17) is 21.1 Å². The Bertz CT molecular complexity index is 1600. The van der Waals surface area contributed by atoms with Gasteiger partial charge in [0.05, 0.1) is 17.8 Å². The summed E-state index contributed by atoms with van der Waals surface area (Å²) in [5.74, 6) is 1.05.